The fourth-order valence-corrected chi connectivity index (χ4v) is 6.55. The van der Waals surface area contributed by atoms with Crippen LogP contribution >= 0.6 is 0 Å². The third-order valence-corrected chi connectivity index (χ3v) is 8.73. The van der Waals surface area contributed by atoms with Crippen molar-refractivity contribution >= 4 is 33.1 Å². The number of rotatable bonds is 9. The summed E-state index contributed by atoms with van der Waals surface area (Å²) < 4.78 is 34.4. The molecule has 0 aromatic heterocycles. The van der Waals surface area contributed by atoms with Crippen molar-refractivity contribution in [1.82, 2.24) is 0 Å². The molecule has 43 heavy (non-hydrogen) atoms. The van der Waals surface area contributed by atoms with E-state index in [2.05, 4.69) is 10.0 Å². The maximum atomic E-state index is 13.1. The van der Waals surface area contributed by atoms with E-state index in [-0.39, 0.29) is 5.75 Å². The van der Waals surface area contributed by atoms with Crippen LogP contribution < -0.4 is 14.9 Å². The maximum absolute atomic E-state index is 13.1. The molecule has 8 heteroatoms. The zero-order chi connectivity index (χ0) is 30.0. The fourth-order valence-electron chi connectivity index (χ4n) is 5.35. The summed E-state index contributed by atoms with van der Waals surface area (Å²) in [5.41, 5.74) is 5.48. The van der Waals surface area contributed by atoms with Crippen molar-refractivity contribution < 1.29 is 17.9 Å². The Labute approximate surface area is 251 Å². The summed E-state index contributed by atoms with van der Waals surface area (Å²) in [7, 11) is 0.368. The molecular weight excluding hydrogens is 558 g/mol. The third-order valence-electron chi connectivity index (χ3n) is 7.47. The van der Waals surface area contributed by atoms with Crippen LogP contribution in [0, 0.1) is 0 Å². The zero-order valence-corrected chi connectivity index (χ0v) is 24.6. The highest BCUT2D eigenvalue weighted by molar-refractivity contribution is 7.91. The highest BCUT2D eigenvalue weighted by Gasteiger charge is 2.47. The van der Waals surface area contributed by atoms with Gasteiger partial charge in [-0.05, 0) is 47.5 Å². The first kappa shape index (κ1) is 28.1. The van der Waals surface area contributed by atoms with Crippen molar-refractivity contribution in [3.8, 4) is 11.1 Å². The van der Waals surface area contributed by atoms with Gasteiger partial charge in [-0.25, -0.2) is 13.2 Å². The Hall–Kier alpha value is -5.08. The molecule has 216 valence electrons. The first-order valence-corrected chi connectivity index (χ1v) is 15.5. The number of esters is 1. The van der Waals surface area contributed by atoms with Gasteiger partial charge < -0.3 is 15.0 Å². The largest absolute Gasteiger partial charge is 0.427 e. The second-order valence-electron chi connectivity index (χ2n) is 10.7. The lowest BCUT2D eigenvalue weighted by molar-refractivity contribution is 0.0213. The number of nitrogens with zero attached hydrogens (tertiary/aromatic N) is 1. The van der Waals surface area contributed by atoms with Crippen molar-refractivity contribution in [3.05, 3.63) is 150 Å². The van der Waals surface area contributed by atoms with E-state index in [0.717, 1.165) is 33.6 Å². The molecule has 7 nitrogen and oxygen atoms in total. The number of hydrogen-bond donors (Lipinski definition) is 2. The number of nitrogens with one attached hydrogen (secondary N) is 2. The Kier molecular flexibility index (Phi) is 7.38. The number of fused-ring (bicyclic) bond motifs is 1. The summed E-state index contributed by atoms with van der Waals surface area (Å²) in [4.78, 5) is 15.1. The van der Waals surface area contributed by atoms with Gasteiger partial charge in [-0.15, -0.1) is 0 Å². The smallest absolute Gasteiger partial charge is 0.341 e. The Balaban J connectivity index is 1.33. The van der Waals surface area contributed by atoms with Crippen LogP contribution in [0.5, 0.6) is 0 Å². The van der Waals surface area contributed by atoms with Crippen LogP contribution in [0.4, 0.5) is 17.1 Å². The van der Waals surface area contributed by atoms with Crippen LogP contribution in [0.25, 0.3) is 11.1 Å². The normalized spacial score (nSPS) is 15.8. The minimum absolute atomic E-state index is 0.111. The average Bonchev–Trinajstić information content (AvgIpc) is 3.30. The second kappa shape index (κ2) is 11.3. The lowest BCUT2D eigenvalue weighted by Gasteiger charge is -2.32. The lowest BCUT2D eigenvalue weighted by atomic mass is 9.91. The summed E-state index contributed by atoms with van der Waals surface area (Å²) in [6, 6.07) is 39.4. The molecule has 6 rings (SSSR count). The van der Waals surface area contributed by atoms with E-state index in [1.165, 1.54) is 0 Å². The summed E-state index contributed by atoms with van der Waals surface area (Å²) in [6.07, 6.45) is 0. The number of para-hydroxylation sites is 1. The van der Waals surface area contributed by atoms with Crippen molar-refractivity contribution in [2.45, 2.75) is 11.5 Å². The standard InChI is InChI=1S/C35H31N3O4S/c1-38(2)29-22-18-27(19-23-29)35(32-14-8-6-13-31(32)34(39)42-35)36-33-15-9-7-12-30(33)26-16-20-28(21-17-26)37-43(40,41)24-25-10-4-3-5-11-25/h3-23,36-37H,24H2,1-2H3. The van der Waals surface area contributed by atoms with E-state index in [1.54, 1.807) is 30.3 Å². The molecule has 5 aromatic rings. The fraction of sp³-hybridized carbons (Fsp3) is 0.114. The predicted molar refractivity (Wildman–Crippen MR) is 172 cm³/mol. The molecule has 0 radical (unpaired) electrons. The summed E-state index contributed by atoms with van der Waals surface area (Å²) >= 11 is 0. The van der Waals surface area contributed by atoms with Crippen LogP contribution in [0.1, 0.15) is 27.0 Å². The van der Waals surface area contributed by atoms with Crippen molar-refractivity contribution in [1.29, 1.82) is 0 Å². The Morgan fingerprint density at radius 2 is 1.35 bits per heavy atom. The van der Waals surface area contributed by atoms with Gasteiger partial charge in [0, 0.05) is 47.8 Å². The topological polar surface area (TPSA) is 87.7 Å². The minimum Gasteiger partial charge on any atom is -0.427 e. The molecule has 2 N–H and O–H groups in total. The second-order valence-corrected chi connectivity index (χ2v) is 12.4. The SMILES string of the molecule is CN(C)c1ccc(C2(Nc3ccccc3-c3ccc(NS(=O)(=O)Cc4ccccc4)cc3)OC(=O)c3ccccc32)cc1. The number of carbonyl (C=O) groups is 1. The quantitative estimate of drug-likeness (QED) is 0.183. The number of ether oxygens (including phenoxy) is 1. The molecule has 0 saturated carbocycles. The Morgan fingerprint density at radius 3 is 2.05 bits per heavy atom. The Morgan fingerprint density at radius 1 is 0.721 bits per heavy atom. The Bertz CT molecular complexity index is 1870. The van der Waals surface area contributed by atoms with Gasteiger partial charge in [0.1, 0.15) is 0 Å². The van der Waals surface area contributed by atoms with E-state index in [9.17, 15) is 13.2 Å². The first-order chi connectivity index (χ1) is 20.7. The van der Waals surface area contributed by atoms with Crippen molar-refractivity contribution in [3.63, 3.8) is 0 Å². The molecule has 0 fully saturated rings. The van der Waals surface area contributed by atoms with Crippen LogP contribution in [0.3, 0.4) is 0 Å². The molecule has 1 aliphatic heterocycles. The monoisotopic (exact) mass is 589 g/mol. The van der Waals surface area contributed by atoms with Gasteiger partial charge in [0.2, 0.25) is 15.7 Å². The summed E-state index contributed by atoms with van der Waals surface area (Å²) in [5.74, 6) is -0.510. The third kappa shape index (κ3) is 5.69. The summed E-state index contributed by atoms with van der Waals surface area (Å²) in [5, 5.41) is 3.59. The molecule has 0 amide bonds. The molecule has 1 aliphatic rings. The van der Waals surface area contributed by atoms with E-state index in [4.69, 9.17) is 4.74 Å². The number of carbonyl (C=O) groups excluding carboxylic acids is 1. The highest BCUT2D eigenvalue weighted by atomic mass is 32.2. The van der Waals surface area contributed by atoms with Gasteiger partial charge in [-0.3, -0.25) is 4.72 Å². The van der Waals surface area contributed by atoms with E-state index >= 15 is 0 Å². The molecular formula is C35H31N3O4S. The van der Waals surface area contributed by atoms with Crippen LogP contribution in [-0.4, -0.2) is 28.5 Å². The number of hydrogen-bond acceptors (Lipinski definition) is 6. The average molecular weight is 590 g/mol. The molecule has 1 heterocycles. The van der Waals surface area contributed by atoms with Crippen molar-refractivity contribution in [2.75, 3.05) is 29.0 Å². The molecule has 0 bridgehead atoms. The van der Waals surface area contributed by atoms with E-state index < -0.39 is 21.7 Å². The molecule has 0 aliphatic carbocycles. The van der Waals surface area contributed by atoms with Gasteiger partial charge in [0.25, 0.3) is 0 Å². The van der Waals surface area contributed by atoms with Gasteiger partial charge in [-0.2, -0.15) is 0 Å². The van der Waals surface area contributed by atoms with Crippen molar-refractivity contribution in [2.24, 2.45) is 0 Å². The van der Waals surface area contributed by atoms with E-state index in [0.29, 0.717) is 16.8 Å². The zero-order valence-electron chi connectivity index (χ0n) is 23.8. The van der Waals surface area contributed by atoms with Gasteiger partial charge in [0.15, 0.2) is 0 Å². The highest BCUT2D eigenvalue weighted by Crippen LogP contribution is 2.44. The van der Waals surface area contributed by atoms with E-state index in [1.807, 2.05) is 116 Å². The molecule has 1 atom stereocenters. The first-order valence-electron chi connectivity index (χ1n) is 13.9. The van der Waals surface area contributed by atoms with Gasteiger partial charge in [-0.1, -0.05) is 91.0 Å². The van der Waals surface area contributed by atoms with Gasteiger partial charge in [0.05, 0.1) is 11.3 Å². The van der Waals surface area contributed by atoms with Gasteiger partial charge >= 0.3 is 5.97 Å². The van der Waals surface area contributed by atoms with Crippen LogP contribution in [-0.2, 0) is 26.2 Å². The van der Waals surface area contributed by atoms with Crippen LogP contribution in [0.15, 0.2) is 127 Å². The predicted octanol–water partition coefficient (Wildman–Crippen LogP) is 6.85. The minimum atomic E-state index is -3.58. The molecule has 1 unspecified atom stereocenters. The number of benzene rings is 5. The molecule has 5 aromatic carbocycles. The molecule has 0 spiro atoms. The number of anilines is 3. The number of cyclic esters (lactones) is 1. The maximum Gasteiger partial charge on any atom is 0.341 e. The number of sulfonamides is 1. The lowest BCUT2D eigenvalue weighted by Crippen LogP contribution is -2.37. The molecule has 0 saturated heterocycles. The summed E-state index contributed by atoms with van der Waals surface area (Å²) in [6.45, 7) is 0. The van der Waals surface area contributed by atoms with Crippen LogP contribution in [0.2, 0.25) is 0 Å².